The van der Waals surface area contributed by atoms with Crippen LogP contribution >= 0.6 is 0 Å². The van der Waals surface area contributed by atoms with Gasteiger partial charge in [0.1, 0.15) is 25.3 Å². The van der Waals surface area contributed by atoms with Gasteiger partial charge in [0.2, 0.25) is 5.91 Å². The molecule has 0 spiro atoms. The van der Waals surface area contributed by atoms with Crippen LogP contribution in [0.25, 0.3) is 17.0 Å². The van der Waals surface area contributed by atoms with E-state index in [4.69, 9.17) is 19.2 Å². The number of cyclic esters (lactones) is 1. The molecule has 4 rings (SSSR count). The van der Waals surface area contributed by atoms with E-state index in [0.717, 1.165) is 16.5 Å². The number of hydrogen-bond donors (Lipinski definition) is 3. The molecule has 1 aromatic carbocycles. The van der Waals surface area contributed by atoms with Gasteiger partial charge in [-0.2, -0.15) is 0 Å². The highest BCUT2D eigenvalue weighted by atomic mass is 16.6. The number of aromatic nitrogens is 1. The Hall–Kier alpha value is -4.03. The van der Waals surface area contributed by atoms with E-state index < -0.39 is 41.6 Å². The molecule has 0 saturated carbocycles. The Morgan fingerprint density at radius 2 is 1.73 bits per heavy atom. The number of nitrogens with zero attached hydrogens (tertiary/aromatic N) is 2. The molecule has 2 aliphatic rings. The van der Waals surface area contributed by atoms with E-state index in [1.807, 2.05) is 37.3 Å². The highest BCUT2D eigenvalue weighted by Gasteiger charge is 2.34. The number of benzene rings is 1. The molecule has 1 fully saturated rings. The zero-order valence-corrected chi connectivity index (χ0v) is 26.2. The van der Waals surface area contributed by atoms with Crippen LogP contribution in [-0.2, 0) is 33.4 Å². The molecular formula is C32H43N5O7. The summed E-state index contributed by atoms with van der Waals surface area (Å²) in [5, 5.41) is 7.98. The van der Waals surface area contributed by atoms with Crippen LogP contribution in [0.15, 0.2) is 36.6 Å². The molecule has 5 bridgehead atoms. The summed E-state index contributed by atoms with van der Waals surface area (Å²) in [5.41, 5.74) is 4.52. The Morgan fingerprint density at radius 3 is 2.48 bits per heavy atom. The minimum absolute atomic E-state index is 0.156. The number of esters is 1. The van der Waals surface area contributed by atoms with Gasteiger partial charge in [0, 0.05) is 11.9 Å². The molecule has 44 heavy (non-hydrogen) atoms. The maximum Gasteiger partial charge on any atom is 0.332 e. The van der Waals surface area contributed by atoms with E-state index in [1.54, 1.807) is 47.0 Å². The lowest BCUT2D eigenvalue weighted by atomic mass is 10.1. The summed E-state index contributed by atoms with van der Waals surface area (Å²) >= 11 is 0. The largest absolute Gasteiger partial charge is 0.498 e. The van der Waals surface area contributed by atoms with Crippen molar-refractivity contribution in [1.82, 2.24) is 26.1 Å². The fraction of sp³-hybridized carbons (Fsp3) is 0.531. The summed E-state index contributed by atoms with van der Waals surface area (Å²) in [7, 11) is 0. The standard InChI is InChI=1S/C32H43N5O7/c1-19(2)28-30(40)34-21(4)31(41)37-14-7-8-25(36-37)29(39)33-20(3)24-12-11-23-10-9-22(16-26(23)35-24)13-15-42-18-32(5,6)43-17-27(38)44-28/h9-13,15-16,19-21,25,28,36H,7-8,14,17-18H2,1-6H3,(H,33,39)(H,34,40)/b15-13+/t20-,21+,25+,28+/m1/s1. The molecule has 3 N–H and O–H groups in total. The molecule has 238 valence electrons. The van der Waals surface area contributed by atoms with Crippen molar-refractivity contribution in [2.45, 2.75) is 84.2 Å². The lowest BCUT2D eigenvalue weighted by molar-refractivity contribution is -0.168. The number of pyridine rings is 1. The molecule has 0 radical (unpaired) electrons. The molecule has 4 atom stereocenters. The van der Waals surface area contributed by atoms with Gasteiger partial charge in [-0.1, -0.05) is 32.0 Å². The maximum absolute atomic E-state index is 13.3. The lowest BCUT2D eigenvalue weighted by Crippen LogP contribution is -2.61. The minimum Gasteiger partial charge on any atom is -0.498 e. The van der Waals surface area contributed by atoms with Crippen LogP contribution in [0.4, 0.5) is 0 Å². The van der Waals surface area contributed by atoms with Gasteiger partial charge < -0.3 is 24.8 Å². The normalized spacial score (nSPS) is 26.8. The smallest absolute Gasteiger partial charge is 0.332 e. The first-order chi connectivity index (χ1) is 20.8. The highest BCUT2D eigenvalue weighted by molar-refractivity contribution is 5.91. The fourth-order valence-corrected chi connectivity index (χ4v) is 4.95. The first-order valence-electron chi connectivity index (χ1n) is 15.0. The van der Waals surface area contributed by atoms with Gasteiger partial charge >= 0.3 is 5.97 Å². The third-order valence-electron chi connectivity index (χ3n) is 7.53. The highest BCUT2D eigenvalue weighted by Crippen LogP contribution is 2.20. The topological polar surface area (TPSA) is 148 Å². The van der Waals surface area contributed by atoms with E-state index in [-0.39, 0.29) is 31.1 Å². The molecule has 1 saturated heterocycles. The lowest BCUT2D eigenvalue weighted by Gasteiger charge is -2.35. The third kappa shape index (κ3) is 8.54. The van der Waals surface area contributed by atoms with E-state index in [1.165, 1.54) is 5.01 Å². The van der Waals surface area contributed by atoms with Crippen molar-refractivity contribution in [1.29, 1.82) is 0 Å². The first kappa shape index (κ1) is 32.9. The fourth-order valence-electron chi connectivity index (χ4n) is 4.95. The second kappa shape index (κ2) is 14.2. The van der Waals surface area contributed by atoms with Crippen LogP contribution in [0, 0.1) is 5.92 Å². The molecule has 2 aliphatic heterocycles. The summed E-state index contributed by atoms with van der Waals surface area (Å²) in [5.74, 6) is -2.34. The quantitative estimate of drug-likeness (QED) is 0.415. The average Bonchev–Trinajstić information content (AvgIpc) is 2.99. The second-order valence-electron chi connectivity index (χ2n) is 12.3. The van der Waals surface area contributed by atoms with Gasteiger partial charge in [-0.25, -0.2) is 10.2 Å². The van der Waals surface area contributed by atoms with Gasteiger partial charge in [-0.3, -0.25) is 24.4 Å². The number of carbonyl (C=O) groups is 4. The molecule has 12 nitrogen and oxygen atoms in total. The molecule has 0 aliphatic carbocycles. The molecule has 1 aromatic heterocycles. The Kier molecular flexibility index (Phi) is 10.6. The van der Waals surface area contributed by atoms with E-state index in [9.17, 15) is 19.2 Å². The number of fused-ring (bicyclic) bond motifs is 4. The van der Waals surface area contributed by atoms with E-state index in [0.29, 0.717) is 25.1 Å². The number of hydrogen-bond acceptors (Lipinski definition) is 9. The third-order valence-corrected chi connectivity index (χ3v) is 7.53. The zero-order valence-electron chi connectivity index (χ0n) is 26.2. The molecule has 12 heteroatoms. The van der Waals surface area contributed by atoms with Crippen LogP contribution in [0.3, 0.4) is 0 Å². The average molecular weight is 610 g/mol. The van der Waals surface area contributed by atoms with Gasteiger partial charge in [0.05, 0.1) is 29.1 Å². The van der Waals surface area contributed by atoms with Crippen molar-refractivity contribution in [2.75, 3.05) is 19.8 Å². The summed E-state index contributed by atoms with van der Waals surface area (Å²) in [4.78, 5) is 57.0. The van der Waals surface area contributed by atoms with E-state index in [2.05, 4.69) is 16.1 Å². The Bertz CT molecular complexity index is 1410. The summed E-state index contributed by atoms with van der Waals surface area (Å²) in [6.45, 7) is 10.6. The van der Waals surface area contributed by atoms with Crippen molar-refractivity contribution in [3.63, 3.8) is 0 Å². The van der Waals surface area contributed by atoms with Crippen LogP contribution in [0.2, 0.25) is 0 Å². The maximum atomic E-state index is 13.3. The van der Waals surface area contributed by atoms with Crippen LogP contribution < -0.4 is 16.1 Å². The van der Waals surface area contributed by atoms with Crippen molar-refractivity contribution in [2.24, 2.45) is 5.92 Å². The van der Waals surface area contributed by atoms with Crippen molar-refractivity contribution in [3.05, 3.63) is 47.9 Å². The van der Waals surface area contributed by atoms with Gasteiger partial charge in [0.25, 0.3) is 11.8 Å². The number of rotatable bonds is 1. The van der Waals surface area contributed by atoms with Gasteiger partial charge in [0.15, 0.2) is 6.10 Å². The molecule has 3 amide bonds. The van der Waals surface area contributed by atoms with Crippen LogP contribution in [0.5, 0.6) is 0 Å². The Labute approximate surface area is 257 Å². The van der Waals surface area contributed by atoms with Gasteiger partial charge in [-0.15, -0.1) is 0 Å². The first-order valence-corrected chi connectivity index (χ1v) is 15.0. The minimum atomic E-state index is -1.13. The molecule has 2 aromatic rings. The second-order valence-corrected chi connectivity index (χ2v) is 12.3. The zero-order chi connectivity index (χ0) is 32.0. The van der Waals surface area contributed by atoms with Crippen LogP contribution in [-0.4, -0.2) is 77.2 Å². The SMILES string of the molecule is CC(C)[C@@H]1OC(=O)COC(C)(C)CO/C=C/c2ccc3ccc(nc3c2)[C@@H](C)NC(=O)[C@@H]2CCCN(N2)C(=O)[C@H](C)NC1=O. The van der Waals surface area contributed by atoms with Gasteiger partial charge in [-0.05, 0) is 70.2 Å². The van der Waals surface area contributed by atoms with Crippen molar-refractivity contribution < 1.29 is 33.4 Å². The number of nitrogens with one attached hydrogen (secondary N) is 3. The molecule has 3 heterocycles. The van der Waals surface area contributed by atoms with Crippen molar-refractivity contribution >= 4 is 40.7 Å². The Balaban J connectivity index is 1.58. The molecule has 0 unspecified atom stereocenters. The predicted octanol–water partition coefficient (Wildman–Crippen LogP) is 2.78. The predicted molar refractivity (Wildman–Crippen MR) is 164 cm³/mol. The molecular weight excluding hydrogens is 566 g/mol. The van der Waals surface area contributed by atoms with E-state index >= 15 is 0 Å². The summed E-state index contributed by atoms with van der Waals surface area (Å²) < 4.78 is 16.9. The van der Waals surface area contributed by atoms with Crippen molar-refractivity contribution in [3.8, 4) is 0 Å². The number of amides is 3. The number of ether oxygens (including phenoxy) is 3. The number of carbonyl (C=O) groups excluding carboxylic acids is 4. The Morgan fingerprint density at radius 1 is 1.00 bits per heavy atom. The monoisotopic (exact) mass is 609 g/mol. The summed E-state index contributed by atoms with van der Waals surface area (Å²) in [6.07, 6.45) is 3.37. The summed E-state index contributed by atoms with van der Waals surface area (Å²) in [6, 6.07) is 7.73. The number of hydrazine groups is 1. The van der Waals surface area contributed by atoms with Crippen LogP contribution in [0.1, 0.15) is 71.7 Å².